The molecular formula is C11H16ClNOS. The van der Waals surface area contributed by atoms with Crippen LogP contribution in [-0.4, -0.2) is 19.7 Å². The summed E-state index contributed by atoms with van der Waals surface area (Å²) in [6.07, 6.45) is 2.48. The SMILES string of the molecule is Clc1ccc(COCC2CCNCC2)s1. The van der Waals surface area contributed by atoms with E-state index in [0.717, 1.165) is 30.0 Å². The van der Waals surface area contributed by atoms with Crippen molar-refractivity contribution in [2.24, 2.45) is 5.92 Å². The van der Waals surface area contributed by atoms with Crippen LogP contribution in [0, 0.1) is 5.92 Å². The molecule has 0 amide bonds. The first-order chi connectivity index (χ1) is 7.34. The molecule has 0 spiro atoms. The summed E-state index contributed by atoms with van der Waals surface area (Å²) >= 11 is 7.45. The number of ether oxygens (including phenoxy) is 1. The summed E-state index contributed by atoms with van der Waals surface area (Å²) in [7, 11) is 0. The molecule has 2 nitrogen and oxygen atoms in total. The normalized spacial score (nSPS) is 18.2. The minimum atomic E-state index is 0.710. The van der Waals surface area contributed by atoms with Crippen molar-refractivity contribution in [3.8, 4) is 0 Å². The van der Waals surface area contributed by atoms with E-state index < -0.39 is 0 Å². The number of rotatable bonds is 4. The zero-order valence-corrected chi connectivity index (χ0v) is 10.2. The molecule has 15 heavy (non-hydrogen) atoms. The molecule has 1 aliphatic rings. The largest absolute Gasteiger partial charge is 0.376 e. The van der Waals surface area contributed by atoms with E-state index in [2.05, 4.69) is 5.32 Å². The lowest BCUT2D eigenvalue weighted by molar-refractivity contribution is 0.0779. The highest BCUT2D eigenvalue weighted by atomic mass is 35.5. The molecule has 84 valence electrons. The second-order valence-electron chi connectivity index (χ2n) is 3.91. The highest BCUT2D eigenvalue weighted by Crippen LogP contribution is 2.22. The first kappa shape index (κ1) is 11.4. The minimum Gasteiger partial charge on any atom is -0.376 e. The van der Waals surface area contributed by atoms with Gasteiger partial charge in [-0.15, -0.1) is 11.3 Å². The lowest BCUT2D eigenvalue weighted by Crippen LogP contribution is -2.29. The Morgan fingerprint density at radius 3 is 2.87 bits per heavy atom. The fourth-order valence-electron chi connectivity index (χ4n) is 1.80. The average Bonchev–Trinajstić information content (AvgIpc) is 2.66. The molecule has 1 N–H and O–H groups in total. The molecule has 0 atom stereocenters. The van der Waals surface area contributed by atoms with Gasteiger partial charge in [0.05, 0.1) is 10.9 Å². The van der Waals surface area contributed by atoms with E-state index in [1.165, 1.54) is 17.7 Å². The lowest BCUT2D eigenvalue weighted by atomic mass is 9.99. The van der Waals surface area contributed by atoms with Crippen molar-refractivity contribution in [3.63, 3.8) is 0 Å². The van der Waals surface area contributed by atoms with Crippen LogP contribution in [0.25, 0.3) is 0 Å². The van der Waals surface area contributed by atoms with Crippen LogP contribution in [0.4, 0.5) is 0 Å². The molecule has 1 aromatic rings. The lowest BCUT2D eigenvalue weighted by Gasteiger charge is -2.22. The molecule has 1 aromatic heterocycles. The van der Waals surface area contributed by atoms with Gasteiger partial charge in [0.2, 0.25) is 0 Å². The van der Waals surface area contributed by atoms with Crippen LogP contribution in [0.15, 0.2) is 12.1 Å². The Bertz CT molecular complexity index is 297. The number of halogens is 1. The maximum Gasteiger partial charge on any atom is 0.0932 e. The van der Waals surface area contributed by atoms with Crippen LogP contribution >= 0.6 is 22.9 Å². The molecule has 0 aromatic carbocycles. The Labute approximate surface area is 99.6 Å². The zero-order valence-electron chi connectivity index (χ0n) is 8.67. The second-order valence-corrected chi connectivity index (χ2v) is 5.71. The van der Waals surface area contributed by atoms with Gasteiger partial charge in [0.1, 0.15) is 0 Å². The number of hydrogen-bond acceptors (Lipinski definition) is 3. The number of nitrogens with one attached hydrogen (secondary N) is 1. The van der Waals surface area contributed by atoms with Gasteiger partial charge in [-0.3, -0.25) is 0 Å². The third-order valence-corrected chi connectivity index (χ3v) is 3.89. The first-order valence-corrected chi connectivity index (χ1v) is 6.57. The van der Waals surface area contributed by atoms with Gasteiger partial charge in [0.25, 0.3) is 0 Å². The molecule has 2 heterocycles. The number of thiophene rings is 1. The van der Waals surface area contributed by atoms with Crippen molar-refractivity contribution < 1.29 is 4.74 Å². The Hall–Kier alpha value is -0.0900. The third-order valence-electron chi connectivity index (χ3n) is 2.69. The highest BCUT2D eigenvalue weighted by Gasteiger charge is 2.12. The Balaban J connectivity index is 1.65. The molecule has 0 aliphatic carbocycles. The zero-order chi connectivity index (χ0) is 10.5. The third kappa shape index (κ3) is 3.76. The molecular weight excluding hydrogens is 230 g/mol. The average molecular weight is 246 g/mol. The van der Waals surface area contributed by atoms with E-state index in [4.69, 9.17) is 16.3 Å². The van der Waals surface area contributed by atoms with E-state index in [-0.39, 0.29) is 0 Å². The standard InChI is InChI=1S/C11H16ClNOS/c12-11-2-1-10(15-11)8-14-7-9-3-5-13-6-4-9/h1-2,9,13H,3-8H2. The molecule has 1 fully saturated rings. The van der Waals surface area contributed by atoms with Crippen LogP contribution < -0.4 is 5.32 Å². The predicted molar refractivity (Wildman–Crippen MR) is 64.6 cm³/mol. The second kappa shape index (κ2) is 5.85. The van der Waals surface area contributed by atoms with Crippen LogP contribution in [0.2, 0.25) is 4.34 Å². The van der Waals surface area contributed by atoms with Gasteiger partial charge in [-0.05, 0) is 44.0 Å². The first-order valence-electron chi connectivity index (χ1n) is 5.37. The van der Waals surface area contributed by atoms with Gasteiger partial charge in [0, 0.05) is 11.5 Å². The van der Waals surface area contributed by atoms with Crippen molar-refractivity contribution in [1.82, 2.24) is 5.32 Å². The maximum absolute atomic E-state index is 5.84. The van der Waals surface area contributed by atoms with Crippen molar-refractivity contribution in [3.05, 3.63) is 21.3 Å². The molecule has 0 radical (unpaired) electrons. The number of piperidine rings is 1. The van der Waals surface area contributed by atoms with Gasteiger partial charge in [0.15, 0.2) is 0 Å². The monoisotopic (exact) mass is 245 g/mol. The summed E-state index contributed by atoms with van der Waals surface area (Å²) in [5.74, 6) is 0.738. The van der Waals surface area contributed by atoms with Crippen molar-refractivity contribution in [2.45, 2.75) is 19.4 Å². The van der Waals surface area contributed by atoms with Gasteiger partial charge in [-0.2, -0.15) is 0 Å². The topological polar surface area (TPSA) is 21.3 Å². The van der Waals surface area contributed by atoms with Crippen molar-refractivity contribution in [1.29, 1.82) is 0 Å². The molecule has 0 bridgehead atoms. The van der Waals surface area contributed by atoms with Gasteiger partial charge in [-0.25, -0.2) is 0 Å². The van der Waals surface area contributed by atoms with E-state index in [0.29, 0.717) is 6.61 Å². The Kier molecular flexibility index (Phi) is 4.44. The minimum absolute atomic E-state index is 0.710. The Morgan fingerprint density at radius 1 is 1.40 bits per heavy atom. The summed E-state index contributed by atoms with van der Waals surface area (Å²) in [5, 5.41) is 3.36. The van der Waals surface area contributed by atoms with Gasteiger partial charge >= 0.3 is 0 Å². The fraction of sp³-hybridized carbons (Fsp3) is 0.636. The molecule has 1 saturated heterocycles. The fourth-order valence-corrected chi connectivity index (χ4v) is 2.83. The van der Waals surface area contributed by atoms with E-state index in [9.17, 15) is 0 Å². The summed E-state index contributed by atoms with van der Waals surface area (Å²) in [6.45, 7) is 3.87. The van der Waals surface area contributed by atoms with Crippen LogP contribution in [0.3, 0.4) is 0 Å². The van der Waals surface area contributed by atoms with E-state index in [1.54, 1.807) is 11.3 Å². The van der Waals surface area contributed by atoms with Gasteiger partial charge in [-0.1, -0.05) is 11.6 Å². The molecule has 4 heteroatoms. The Morgan fingerprint density at radius 2 is 2.20 bits per heavy atom. The van der Waals surface area contributed by atoms with Crippen LogP contribution in [0.1, 0.15) is 17.7 Å². The predicted octanol–water partition coefficient (Wildman–Crippen LogP) is 2.92. The summed E-state index contributed by atoms with van der Waals surface area (Å²) < 4.78 is 6.54. The van der Waals surface area contributed by atoms with Crippen molar-refractivity contribution in [2.75, 3.05) is 19.7 Å². The van der Waals surface area contributed by atoms with Gasteiger partial charge < -0.3 is 10.1 Å². The molecule has 0 saturated carbocycles. The van der Waals surface area contributed by atoms with Crippen LogP contribution in [0.5, 0.6) is 0 Å². The maximum atomic E-state index is 5.84. The molecule has 1 aliphatic heterocycles. The molecule has 0 unspecified atom stereocenters. The van der Waals surface area contributed by atoms with E-state index in [1.807, 2.05) is 12.1 Å². The van der Waals surface area contributed by atoms with E-state index >= 15 is 0 Å². The molecule has 2 rings (SSSR count). The summed E-state index contributed by atoms with van der Waals surface area (Å²) in [4.78, 5) is 1.22. The smallest absolute Gasteiger partial charge is 0.0932 e. The quantitative estimate of drug-likeness (QED) is 0.881. The van der Waals surface area contributed by atoms with Crippen molar-refractivity contribution >= 4 is 22.9 Å². The summed E-state index contributed by atoms with van der Waals surface area (Å²) in [6, 6.07) is 3.96. The summed E-state index contributed by atoms with van der Waals surface area (Å²) in [5.41, 5.74) is 0. The number of hydrogen-bond donors (Lipinski definition) is 1. The highest BCUT2D eigenvalue weighted by molar-refractivity contribution is 7.16. The van der Waals surface area contributed by atoms with Crippen LogP contribution in [-0.2, 0) is 11.3 Å².